The fourth-order valence-electron chi connectivity index (χ4n) is 1.67. The van der Waals surface area contributed by atoms with Gasteiger partial charge in [0.1, 0.15) is 0 Å². The van der Waals surface area contributed by atoms with Crippen LogP contribution < -0.4 is 15.9 Å². The molecule has 6 nitrogen and oxygen atoms in total. The molecule has 1 atom stereocenters. The molecular formula is C14H12ClN3O3S. The number of carbonyl (C=O) groups is 1. The predicted octanol–water partition coefficient (Wildman–Crippen LogP) is 1.87. The van der Waals surface area contributed by atoms with Crippen LogP contribution in [0.3, 0.4) is 0 Å². The molecule has 2 aromatic carbocycles. The van der Waals surface area contributed by atoms with Crippen LogP contribution in [0.15, 0.2) is 48.5 Å². The summed E-state index contributed by atoms with van der Waals surface area (Å²) in [6.07, 6.45) is 0. The molecule has 0 saturated heterocycles. The molecule has 2 rings (SSSR count). The van der Waals surface area contributed by atoms with Crippen molar-refractivity contribution in [1.29, 1.82) is 0 Å². The van der Waals surface area contributed by atoms with Gasteiger partial charge in [0.05, 0.1) is 10.7 Å². The third-order valence-electron chi connectivity index (χ3n) is 2.72. The van der Waals surface area contributed by atoms with Crippen molar-refractivity contribution in [3.05, 3.63) is 64.3 Å². The number of amides is 1. The minimum Gasteiger partial charge on any atom is -0.595 e. The normalized spacial score (nSPS) is 11.6. The van der Waals surface area contributed by atoms with Gasteiger partial charge in [0.25, 0.3) is 5.91 Å². The van der Waals surface area contributed by atoms with Crippen molar-refractivity contribution in [2.75, 3.05) is 5.32 Å². The smallest absolute Gasteiger partial charge is 0.257 e. The zero-order valence-electron chi connectivity index (χ0n) is 11.2. The molecule has 114 valence electrons. The van der Waals surface area contributed by atoms with Gasteiger partial charge in [-0.2, -0.15) is 5.23 Å². The number of thiocarbonyl (C=S) groups is 1. The third kappa shape index (κ3) is 4.23. The average molecular weight is 338 g/mol. The van der Waals surface area contributed by atoms with Crippen molar-refractivity contribution < 1.29 is 15.2 Å². The highest BCUT2D eigenvalue weighted by molar-refractivity contribution is 7.80. The highest BCUT2D eigenvalue weighted by Gasteiger charge is 2.11. The van der Waals surface area contributed by atoms with E-state index in [2.05, 4.69) is 10.6 Å². The molecule has 0 spiro atoms. The number of quaternary nitrogens is 1. The summed E-state index contributed by atoms with van der Waals surface area (Å²) in [5.41, 5.74) is 0.820. The maximum absolute atomic E-state index is 11.9. The molecule has 1 unspecified atom stereocenters. The number of hydrogen-bond acceptors (Lipinski definition) is 4. The van der Waals surface area contributed by atoms with Crippen LogP contribution in [0, 0.1) is 5.21 Å². The van der Waals surface area contributed by atoms with Crippen LogP contribution in [-0.4, -0.2) is 16.2 Å². The second kappa shape index (κ2) is 7.30. The van der Waals surface area contributed by atoms with Gasteiger partial charge in [-0.25, -0.2) is 5.21 Å². The Balaban J connectivity index is 2.06. The molecule has 2 aromatic rings. The predicted molar refractivity (Wildman–Crippen MR) is 87.4 cm³/mol. The lowest BCUT2D eigenvalue weighted by Gasteiger charge is -2.15. The van der Waals surface area contributed by atoms with Crippen LogP contribution in [0.2, 0.25) is 5.02 Å². The minimum absolute atomic E-state index is 0.0262. The van der Waals surface area contributed by atoms with Crippen molar-refractivity contribution >= 4 is 46.2 Å². The second-order valence-electron chi connectivity index (χ2n) is 4.27. The molecule has 22 heavy (non-hydrogen) atoms. The maximum atomic E-state index is 11.9. The van der Waals surface area contributed by atoms with Gasteiger partial charge in [-0.05, 0) is 30.4 Å². The molecule has 0 saturated carbocycles. The van der Waals surface area contributed by atoms with Crippen LogP contribution in [0.25, 0.3) is 0 Å². The van der Waals surface area contributed by atoms with Gasteiger partial charge in [0.15, 0.2) is 10.8 Å². The number of carbonyl (C=O) groups excluding carboxylic acids is 1. The summed E-state index contributed by atoms with van der Waals surface area (Å²) in [7, 11) is 0. The zero-order valence-corrected chi connectivity index (χ0v) is 12.7. The van der Waals surface area contributed by atoms with E-state index in [1.165, 1.54) is 18.2 Å². The lowest BCUT2D eigenvalue weighted by molar-refractivity contribution is -0.991. The highest BCUT2D eigenvalue weighted by Crippen LogP contribution is 2.23. The number of halogens is 1. The van der Waals surface area contributed by atoms with E-state index in [-0.39, 0.29) is 16.7 Å². The lowest BCUT2D eigenvalue weighted by atomic mass is 10.2. The van der Waals surface area contributed by atoms with Gasteiger partial charge >= 0.3 is 0 Å². The molecule has 0 radical (unpaired) electrons. The Bertz CT molecular complexity index is 695. The Kier molecular flexibility index (Phi) is 5.42. The van der Waals surface area contributed by atoms with Crippen LogP contribution in [-0.2, 0) is 0 Å². The first kappa shape index (κ1) is 16.3. The van der Waals surface area contributed by atoms with Crippen molar-refractivity contribution in [3.63, 3.8) is 0 Å². The molecule has 8 heteroatoms. The Morgan fingerprint density at radius 2 is 1.91 bits per heavy atom. The van der Waals surface area contributed by atoms with Gasteiger partial charge in [0.2, 0.25) is 0 Å². The standard InChI is InChI=1S/C14H12ClN3O3S/c15-11-7-6-10(18(20)21)8-12(11)16-14(22)17-13(19)9-4-2-1-3-5-9/h1-8,18,20H,(H2,16,17,19,22). The van der Waals surface area contributed by atoms with Crippen LogP contribution in [0.1, 0.15) is 10.4 Å². The fraction of sp³-hybridized carbons (Fsp3) is 0. The van der Waals surface area contributed by atoms with Crippen LogP contribution in [0.5, 0.6) is 0 Å². The number of nitrogens with one attached hydrogen (secondary N) is 3. The summed E-state index contributed by atoms with van der Waals surface area (Å²) in [6.45, 7) is 0. The number of anilines is 1. The van der Waals surface area contributed by atoms with E-state index >= 15 is 0 Å². The first-order chi connectivity index (χ1) is 10.5. The Labute approximate surface area is 136 Å². The molecule has 0 aliphatic rings. The number of rotatable bonds is 3. The number of hydrogen-bond donors (Lipinski definition) is 4. The Hall–Kier alpha value is -2.03. The SMILES string of the molecule is O=C(NC(=S)Nc1cc([NH+]([O-])O)ccc1Cl)c1ccccc1. The van der Waals surface area contributed by atoms with Crippen molar-refractivity contribution in [3.8, 4) is 0 Å². The molecule has 0 bridgehead atoms. The number of benzene rings is 2. The highest BCUT2D eigenvalue weighted by atomic mass is 35.5. The van der Waals surface area contributed by atoms with Crippen molar-refractivity contribution in [1.82, 2.24) is 5.32 Å². The summed E-state index contributed by atoms with van der Waals surface area (Å²) in [6, 6.07) is 12.7. The fourth-order valence-corrected chi connectivity index (χ4v) is 2.04. The van der Waals surface area contributed by atoms with Gasteiger partial charge in [-0.15, -0.1) is 0 Å². The van der Waals surface area contributed by atoms with E-state index in [0.717, 1.165) is 0 Å². The van der Waals surface area contributed by atoms with E-state index in [4.69, 9.17) is 29.0 Å². The molecule has 0 aliphatic heterocycles. The van der Waals surface area contributed by atoms with E-state index < -0.39 is 5.23 Å². The van der Waals surface area contributed by atoms with Gasteiger partial charge in [-0.3, -0.25) is 10.1 Å². The summed E-state index contributed by atoms with van der Waals surface area (Å²) in [5, 5.41) is 24.3. The van der Waals surface area contributed by atoms with Crippen molar-refractivity contribution in [2.24, 2.45) is 0 Å². The summed E-state index contributed by atoms with van der Waals surface area (Å²) < 4.78 is 0. The molecule has 0 aliphatic carbocycles. The summed E-state index contributed by atoms with van der Waals surface area (Å²) in [5.74, 6) is -0.372. The lowest BCUT2D eigenvalue weighted by Crippen LogP contribution is -2.99. The molecule has 0 fully saturated rings. The van der Waals surface area contributed by atoms with Gasteiger partial charge in [0, 0.05) is 17.7 Å². The molecule has 0 heterocycles. The molecule has 4 N–H and O–H groups in total. The first-order valence-corrected chi connectivity index (χ1v) is 6.96. The van der Waals surface area contributed by atoms with E-state index in [0.29, 0.717) is 16.3 Å². The Morgan fingerprint density at radius 1 is 1.23 bits per heavy atom. The van der Waals surface area contributed by atoms with Gasteiger partial charge in [-0.1, -0.05) is 29.8 Å². The van der Waals surface area contributed by atoms with Crippen LogP contribution in [0.4, 0.5) is 11.4 Å². The second-order valence-corrected chi connectivity index (χ2v) is 5.09. The average Bonchev–Trinajstić information content (AvgIpc) is 2.50. The zero-order chi connectivity index (χ0) is 16.1. The van der Waals surface area contributed by atoms with Crippen molar-refractivity contribution in [2.45, 2.75) is 0 Å². The monoisotopic (exact) mass is 337 g/mol. The van der Waals surface area contributed by atoms with E-state index in [9.17, 15) is 10.0 Å². The van der Waals surface area contributed by atoms with E-state index in [1.807, 2.05) is 0 Å². The van der Waals surface area contributed by atoms with E-state index in [1.54, 1.807) is 30.3 Å². The first-order valence-electron chi connectivity index (χ1n) is 6.17. The molecular weight excluding hydrogens is 326 g/mol. The van der Waals surface area contributed by atoms with Crippen LogP contribution >= 0.6 is 23.8 Å². The quantitative estimate of drug-likeness (QED) is 0.507. The summed E-state index contributed by atoms with van der Waals surface area (Å²) in [4.78, 5) is 11.9. The largest absolute Gasteiger partial charge is 0.595 e. The molecule has 1 amide bonds. The Morgan fingerprint density at radius 3 is 2.55 bits per heavy atom. The summed E-state index contributed by atoms with van der Waals surface area (Å²) >= 11 is 11.0. The topological polar surface area (TPSA) is 88.9 Å². The third-order valence-corrected chi connectivity index (χ3v) is 3.26. The minimum atomic E-state index is -1.08. The molecule has 0 aromatic heterocycles. The van der Waals surface area contributed by atoms with Gasteiger partial charge < -0.3 is 10.5 Å². The maximum Gasteiger partial charge on any atom is 0.257 e.